The number of hydrogen-bond acceptors (Lipinski definition) is 4. The number of anilines is 1. The highest BCUT2D eigenvalue weighted by Gasteiger charge is 2.08. The Morgan fingerprint density at radius 3 is 2.84 bits per heavy atom. The number of rotatable bonds is 7. The van der Waals surface area contributed by atoms with Gasteiger partial charge in [0.25, 0.3) is 0 Å². The maximum atomic E-state index is 10.5. The second kappa shape index (κ2) is 7.53. The summed E-state index contributed by atoms with van der Waals surface area (Å²) in [5.74, 6) is -0.0518. The standard InChI is InChI=1S/C14H20N2O3/c1-4-16(7-8-19-3)14-11(2)9-12(10-15-14)5-6-13(17)18/h5-6,9-10H,4,7-8H2,1-3H3,(H,17,18)/b6-5+. The van der Waals surface area contributed by atoms with Crippen molar-refractivity contribution >= 4 is 17.9 Å². The topological polar surface area (TPSA) is 62.7 Å². The van der Waals surface area contributed by atoms with E-state index in [1.54, 1.807) is 13.3 Å². The molecular formula is C14H20N2O3. The lowest BCUT2D eigenvalue weighted by atomic mass is 10.2. The molecule has 0 bridgehead atoms. The van der Waals surface area contributed by atoms with Crippen LogP contribution in [0.4, 0.5) is 5.82 Å². The van der Waals surface area contributed by atoms with E-state index in [1.807, 2.05) is 13.0 Å². The van der Waals surface area contributed by atoms with E-state index in [4.69, 9.17) is 9.84 Å². The van der Waals surface area contributed by atoms with Gasteiger partial charge in [-0.05, 0) is 37.1 Å². The predicted octanol–water partition coefficient (Wildman–Crippen LogP) is 1.96. The average Bonchev–Trinajstić information content (AvgIpc) is 2.39. The van der Waals surface area contributed by atoms with Crippen LogP contribution in [0.5, 0.6) is 0 Å². The summed E-state index contributed by atoms with van der Waals surface area (Å²) in [7, 11) is 1.67. The van der Waals surface area contributed by atoms with E-state index in [-0.39, 0.29) is 0 Å². The van der Waals surface area contributed by atoms with Gasteiger partial charge in [0, 0.05) is 32.5 Å². The minimum absolute atomic E-state index is 0.648. The van der Waals surface area contributed by atoms with Gasteiger partial charge in [0.05, 0.1) is 6.61 Å². The minimum Gasteiger partial charge on any atom is -0.478 e. The number of nitrogens with zero attached hydrogens (tertiary/aromatic N) is 2. The number of hydrogen-bond donors (Lipinski definition) is 1. The van der Waals surface area contributed by atoms with Gasteiger partial charge >= 0.3 is 5.97 Å². The van der Waals surface area contributed by atoms with Crippen LogP contribution in [0.25, 0.3) is 6.08 Å². The first-order valence-electron chi connectivity index (χ1n) is 6.20. The van der Waals surface area contributed by atoms with Gasteiger partial charge in [0.1, 0.15) is 5.82 Å². The fraction of sp³-hybridized carbons (Fsp3) is 0.429. The molecule has 1 rings (SSSR count). The Bertz CT molecular complexity index is 458. The predicted molar refractivity (Wildman–Crippen MR) is 75.4 cm³/mol. The molecule has 0 atom stereocenters. The lowest BCUT2D eigenvalue weighted by molar-refractivity contribution is -0.131. The summed E-state index contributed by atoms with van der Waals surface area (Å²) in [6, 6.07) is 1.93. The lowest BCUT2D eigenvalue weighted by Crippen LogP contribution is -2.28. The SMILES string of the molecule is CCN(CCOC)c1ncc(/C=C/C(=O)O)cc1C. The van der Waals surface area contributed by atoms with Crippen LogP contribution in [0.2, 0.25) is 0 Å². The number of likely N-dealkylation sites (N-methyl/N-ethyl adjacent to an activating group) is 1. The molecule has 1 N–H and O–H groups in total. The van der Waals surface area contributed by atoms with Crippen LogP contribution in [0.15, 0.2) is 18.3 Å². The van der Waals surface area contributed by atoms with Crippen LogP contribution in [0.1, 0.15) is 18.1 Å². The number of aryl methyl sites for hydroxylation is 1. The van der Waals surface area contributed by atoms with Crippen molar-refractivity contribution in [3.8, 4) is 0 Å². The monoisotopic (exact) mass is 264 g/mol. The van der Waals surface area contributed by atoms with Gasteiger partial charge in [0.2, 0.25) is 0 Å². The van der Waals surface area contributed by atoms with Crippen LogP contribution < -0.4 is 4.90 Å². The molecule has 0 saturated carbocycles. The van der Waals surface area contributed by atoms with Gasteiger partial charge in [-0.15, -0.1) is 0 Å². The molecule has 1 heterocycles. The van der Waals surface area contributed by atoms with E-state index in [9.17, 15) is 4.79 Å². The third-order valence-electron chi connectivity index (χ3n) is 2.74. The van der Waals surface area contributed by atoms with Crippen LogP contribution >= 0.6 is 0 Å². The number of carboxylic acids is 1. The molecule has 0 unspecified atom stereocenters. The molecule has 0 aliphatic heterocycles. The maximum absolute atomic E-state index is 10.5. The quantitative estimate of drug-likeness (QED) is 0.763. The molecule has 0 aliphatic carbocycles. The summed E-state index contributed by atoms with van der Waals surface area (Å²) in [6.45, 7) is 6.31. The van der Waals surface area contributed by atoms with Crippen molar-refractivity contribution in [3.05, 3.63) is 29.5 Å². The van der Waals surface area contributed by atoms with E-state index in [0.717, 1.165) is 36.1 Å². The first-order chi connectivity index (χ1) is 9.08. The summed E-state index contributed by atoms with van der Waals surface area (Å²) >= 11 is 0. The lowest BCUT2D eigenvalue weighted by Gasteiger charge is -2.23. The van der Waals surface area contributed by atoms with Gasteiger partial charge in [-0.1, -0.05) is 0 Å². The second-order valence-electron chi connectivity index (χ2n) is 4.15. The van der Waals surface area contributed by atoms with Crippen LogP contribution in [0, 0.1) is 6.92 Å². The molecule has 104 valence electrons. The molecule has 0 aliphatic rings. The van der Waals surface area contributed by atoms with E-state index < -0.39 is 5.97 Å². The van der Waals surface area contributed by atoms with E-state index in [2.05, 4.69) is 16.8 Å². The average molecular weight is 264 g/mol. The van der Waals surface area contributed by atoms with Crippen LogP contribution in [0.3, 0.4) is 0 Å². The summed E-state index contributed by atoms with van der Waals surface area (Å²) in [5.41, 5.74) is 1.80. The minimum atomic E-state index is -0.961. The van der Waals surface area contributed by atoms with Crippen molar-refractivity contribution in [1.82, 2.24) is 4.98 Å². The Kier molecular flexibility index (Phi) is 6.02. The summed E-state index contributed by atoms with van der Waals surface area (Å²) < 4.78 is 5.08. The molecule has 0 aromatic carbocycles. The van der Waals surface area contributed by atoms with Gasteiger partial charge in [-0.2, -0.15) is 0 Å². The van der Waals surface area contributed by atoms with Crippen molar-refractivity contribution < 1.29 is 14.6 Å². The molecule has 0 spiro atoms. The molecule has 1 aromatic rings. The number of aromatic nitrogens is 1. The molecule has 0 amide bonds. The first-order valence-corrected chi connectivity index (χ1v) is 6.20. The molecule has 1 aromatic heterocycles. The highest BCUT2D eigenvalue weighted by atomic mass is 16.5. The molecule has 0 fully saturated rings. The zero-order chi connectivity index (χ0) is 14.3. The maximum Gasteiger partial charge on any atom is 0.328 e. The highest BCUT2D eigenvalue weighted by Crippen LogP contribution is 2.18. The van der Waals surface area contributed by atoms with Crippen LogP contribution in [-0.4, -0.2) is 42.9 Å². The van der Waals surface area contributed by atoms with Crippen molar-refractivity contribution in [1.29, 1.82) is 0 Å². The number of ether oxygens (including phenoxy) is 1. The smallest absolute Gasteiger partial charge is 0.328 e. The molecular weight excluding hydrogens is 244 g/mol. The Labute approximate surface area is 113 Å². The van der Waals surface area contributed by atoms with Gasteiger partial charge in [-0.3, -0.25) is 0 Å². The van der Waals surface area contributed by atoms with Gasteiger partial charge < -0.3 is 14.7 Å². The van der Waals surface area contributed by atoms with Gasteiger partial charge in [0.15, 0.2) is 0 Å². The zero-order valence-corrected chi connectivity index (χ0v) is 11.6. The highest BCUT2D eigenvalue weighted by molar-refractivity contribution is 5.85. The molecule has 0 saturated heterocycles. The van der Waals surface area contributed by atoms with E-state index in [1.165, 1.54) is 6.08 Å². The molecule has 0 radical (unpaired) electrons. The molecule has 19 heavy (non-hydrogen) atoms. The number of methoxy groups -OCH3 is 1. The van der Waals surface area contributed by atoms with E-state index >= 15 is 0 Å². The van der Waals surface area contributed by atoms with Crippen molar-refractivity contribution in [2.75, 3.05) is 31.7 Å². The molecule has 5 heteroatoms. The Hall–Kier alpha value is -1.88. The second-order valence-corrected chi connectivity index (χ2v) is 4.15. The van der Waals surface area contributed by atoms with Crippen molar-refractivity contribution in [2.24, 2.45) is 0 Å². The number of aliphatic carboxylic acids is 1. The fourth-order valence-corrected chi connectivity index (χ4v) is 1.79. The molecule has 5 nitrogen and oxygen atoms in total. The first kappa shape index (κ1) is 15.2. The Morgan fingerprint density at radius 1 is 1.58 bits per heavy atom. The Balaban J connectivity index is 2.89. The fourth-order valence-electron chi connectivity index (χ4n) is 1.79. The number of pyridine rings is 1. The zero-order valence-electron chi connectivity index (χ0n) is 11.6. The Morgan fingerprint density at radius 2 is 2.32 bits per heavy atom. The van der Waals surface area contributed by atoms with Crippen molar-refractivity contribution in [3.63, 3.8) is 0 Å². The number of carboxylic acid groups (broad SMARTS) is 1. The van der Waals surface area contributed by atoms with Gasteiger partial charge in [-0.25, -0.2) is 9.78 Å². The normalized spacial score (nSPS) is 10.9. The summed E-state index contributed by atoms with van der Waals surface area (Å²) in [4.78, 5) is 17.0. The summed E-state index contributed by atoms with van der Waals surface area (Å²) in [5, 5.41) is 8.59. The largest absolute Gasteiger partial charge is 0.478 e. The third-order valence-corrected chi connectivity index (χ3v) is 2.74. The van der Waals surface area contributed by atoms with E-state index in [0.29, 0.717) is 6.61 Å². The van der Waals surface area contributed by atoms with Crippen LogP contribution in [-0.2, 0) is 9.53 Å². The van der Waals surface area contributed by atoms with Crippen molar-refractivity contribution in [2.45, 2.75) is 13.8 Å². The summed E-state index contributed by atoms with van der Waals surface area (Å²) in [6.07, 6.45) is 4.33. The third kappa shape index (κ3) is 4.71. The number of carbonyl (C=O) groups is 1.